The number of nitrogens with zero attached hydrogens (tertiary/aromatic N) is 1. The van der Waals surface area contributed by atoms with Crippen molar-refractivity contribution in [3.05, 3.63) is 40.4 Å². The fourth-order valence-electron chi connectivity index (χ4n) is 1.24. The lowest BCUT2D eigenvalue weighted by Crippen LogP contribution is -1.96. The molecular formula is C13H17NO3S3. The predicted molar refractivity (Wildman–Crippen MR) is 84.4 cm³/mol. The Hall–Kier alpha value is -0.890. The Balaban J connectivity index is 0.000000204. The van der Waals surface area contributed by atoms with Crippen LogP contribution in [0.2, 0.25) is 0 Å². The minimum absolute atomic E-state index is 0.0666. The van der Waals surface area contributed by atoms with Crippen LogP contribution in [0.4, 0.5) is 0 Å². The van der Waals surface area contributed by atoms with Crippen LogP contribution in [-0.2, 0) is 10.1 Å². The highest BCUT2D eigenvalue weighted by molar-refractivity contribution is 8.00. The second kappa shape index (κ2) is 7.21. The Bertz CT molecular complexity index is 641. The van der Waals surface area contributed by atoms with Gasteiger partial charge in [-0.15, -0.1) is 11.3 Å². The summed E-state index contributed by atoms with van der Waals surface area (Å²) in [4.78, 5) is 5.58. The van der Waals surface area contributed by atoms with E-state index in [9.17, 15) is 8.42 Å². The van der Waals surface area contributed by atoms with Gasteiger partial charge in [-0.25, -0.2) is 4.98 Å². The molecule has 110 valence electrons. The maximum atomic E-state index is 10.5. The second-order valence-corrected chi connectivity index (χ2v) is 7.79. The first-order valence-corrected chi connectivity index (χ1v) is 9.24. The zero-order chi connectivity index (χ0) is 15.3. The van der Waals surface area contributed by atoms with Crippen LogP contribution < -0.4 is 0 Å². The normalized spacial score (nSPS) is 10.8. The van der Waals surface area contributed by atoms with Crippen molar-refractivity contribution in [2.45, 2.75) is 30.0 Å². The number of rotatable bonds is 2. The van der Waals surface area contributed by atoms with Gasteiger partial charge in [0.05, 0.1) is 10.6 Å². The smallest absolute Gasteiger partial charge is 0.282 e. The summed E-state index contributed by atoms with van der Waals surface area (Å²) in [6, 6.07) is 5.99. The number of benzene rings is 1. The topological polar surface area (TPSA) is 67.3 Å². The van der Waals surface area contributed by atoms with Gasteiger partial charge in [-0.05, 0) is 39.2 Å². The average molecular weight is 331 g/mol. The zero-order valence-electron chi connectivity index (χ0n) is 11.7. The molecule has 0 fully saturated rings. The molecule has 2 rings (SSSR count). The predicted octanol–water partition coefficient (Wildman–Crippen LogP) is 3.72. The van der Waals surface area contributed by atoms with Gasteiger partial charge >= 0.3 is 0 Å². The Morgan fingerprint density at radius 2 is 1.70 bits per heavy atom. The Morgan fingerprint density at radius 1 is 1.15 bits per heavy atom. The van der Waals surface area contributed by atoms with E-state index in [4.69, 9.17) is 4.55 Å². The van der Waals surface area contributed by atoms with E-state index < -0.39 is 10.1 Å². The first-order valence-electron chi connectivity index (χ1n) is 5.76. The molecule has 7 heteroatoms. The van der Waals surface area contributed by atoms with Gasteiger partial charge in [-0.1, -0.05) is 29.5 Å². The van der Waals surface area contributed by atoms with Crippen LogP contribution in [0.1, 0.15) is 16.1 Å². The molecule has 1 N–H and O–H groups in total. The molecule has 0 bridgehead atoms. The first-order chi connectivity index (χ1) is 9.24. The lowest BCUT2D eigenvalue weighted by atomic mass is 10.2. The number of hydrogen-bond donors (Lipinski definition) is 1. The van der Waals surface area contributed by atoms with Gasteiger partial charge in [-0.3, -0.25) is 4.55 Å². The molecule has 0 saturated carbocycles. The molecule has 0 aliphatic carbocycles. The van der Waals surface area contributed by atoms with Crippen molar-refractivity contribution < 1.29 is 13.0 Å². The van der Waals surface area contributed by atoms with E-state index >= 15 is 0 Å². The van der Waals surface area contributed by atoms with Crippen molar-refractivity contribution in [2.75, 3.05) is 6.26 Å². The summed E-state index contributed by atoms with van der Waals surface area (Å²) in [5, 5.41) is 0. The summed E-state index contributed by atoms with van der Waals surface area (Å²) < 4.78 is 30.7. The van der Waals surface area contributed by atoms with E-state index in [-0.39, 0.29) is 4.90 Å². The van der Waals surface area contributed by atoms with Gasteiger partial charge < -0.3 is 0 Å². The summed E-state index contributed by atoms with van der Waals surface area (Å²) in [5.41, 5.74) is 2.13. The molecule has 1 aromatic carbocycles. The lowest BCUT2D eigenvalue weighted by Gasteiger charge is -1.95. The third-order valence-electron chi connectivity index (χ3n) is 2.50. The van der Waals surface area contributed by atoms with Crippen LogP contribution in [0.15, 0.2) is 33.5 Å². The maximum absolute atomic E-state index is 10.5. The van der Waals surface area contributed by atoms with Crippen molar-refractivity contribution >= 4 is 33.2 Å². The fourth-order valence-corrected chi connectivity index (χ4v) is 3.30. The molecule has 1 aromatic heterocycles. The highest BCUT2D eigenvalue weighted by Gasteiger charge is 2.06. The average Bonchev–Trinajstić information content (AvgIpc) is 2.69. The van der Waals surface area contributed by atoms with Gasteiger partial charge in [0, 0.05) is 4.88 Å². The summed E-state index contributed by atoms with van der Waals surface area (Å²) in [6.07, 6.45) is 2.05. The van der Waals surface area contributed by atoms with E-state index in [2.05, 4.69) is 18.2 Å². The number of thioether (sulfide) groups is 1. The van der Waals surface area contributed by atoms with E-state index in [1.807, 2.05) is 13.8 Å². The molecule has 0 spiro atoms. The fraction of sp³-hybridized carbons (Fsp3) is 0.308. The minimum Gasteiger partial charge on any atom is -0.282 e. The molecule has 0 atom stereocenters. The van der Waals surface area contributed by atoms with Crippen molar-refractivity contribution in [1.29, 1.82) is 0 Å². The summed E-state index contributed by atoms with van der Waals surface area (Å²) in [7, 11) is -4.02. The minimum atomic E-state index is -4.02. The summed E-state index contributed by atoms with van der Waals surface area (Å²) in [5.74, 6) is 0. The van der Waals surface area contributed by atoms with E-state index in [0.717, 1.165) is 5.56 Å². The van der Waals surface area contributed by atoms with Crippen LogP contribution in [-0.4, -0.2) is 24.2 Å². The second-order valence-electron chi connectivity index (χ2n) is 4.11. The SMILES string of the molecule is CSc1nc(C)c(C)s1.Cc1ccc(S(=O)(=O)O)cc1. The van der Waals surface area contributed by atoms with Crippen molar-refractivity contribution in [3.8, 4) is 0 Å². The zero-order valence-corrected chi connectivity index (χ0v) is 14.2. The molecule has 0 saturated heterocycles. The lowest BCUT2D eigenvalue weighted by molar-refractivity contribution is 0.483. The number of hydrogen-bond acceptors (Lipinski definition) is 5. The third kappa shape index (κ3) is 5.24. The van der Waals surface area contributed by atoms with Gasteiger partial charge in [-0.2, -0.15) is 8.42 Å². The molecule has 4 nitrogen and oxygen atoms in total. The molecule has 0 unspecified atom stereocenters. The highest BCUT2D eigenvalue weighted by atomic mass is 32.2. The van der Waals surface area contributed by atoms with Gasteiger partial charge in [0.25, 0.3) is 10.1 Å². The standard InChI is InChI=1S/C7H8O3S.C6H9NS2/c1-6-2-4-7(5-3-6)11(8,9)10;1-4-5(2)9-6(7-4)8-3/h2-5H,1H3,(H,8,9,10);1-3H3. The van der Waals surface area contributed by atoms with Gasteiger partial charge in [0.2, 0.25) is 0 Å². The van der Waals surface area contributed by atoms with Crippen LogP contribution in [0.5, 0.6) is 0 Å². The van der Waals surface area contributed by atoms with E-state index in [0.29, 0.717) is 0 Å². The van der Waals surface area contributed by atoms with Crippen LogP contribution in [0, 0.1) is 20.8 Å². The van der Waals surface area contributed by atoms with Gasteiger partial charge in [0.1, 0.15) is 4.34 Å². The monoisotopic (exact) mass is 331 g/mol. The molecule has 0 aliphatic rings. The molecular weight excluding hydrogens is 314 g/mol. The van der Waals surface area contributed by atoms with Crippen molar-refractivity contribution in [3.63, 3.8) is 0 Å². The Labute approximate surface area is 128 Å². The number of aromatic nitrogens is 1. The van der Waals surface area contributed by atoms with Crippen molar-refractivity contribution in [2.24, 2.45) is 0 Å². The maximum Gasteiger partial charge on any atom is 0.294 e. The molecule has 1 heterocycles. The number of thiazole rings is 1. The number of aryl methyl sites for hydroxylation is 3. The van der Waals surface area contributed by atoms with Gasteiger partial charge in [0.15, 0.2) is 0 Å². The molecule has 0 radical (unpaired) electrons. The van der Waals surface area contributed by atoms with Crippen LogP contribution in [0.3, 0.4) is 0 Å². The van der Waals surface area contributed by atoms with Crippen LogP contribution >= 0.6 is 23.1 Å². The summed E-state index contributed by atoms with van der Waals surface area (Å²) in [6.45, 7) is 5.99. The molecule has 2 aromatic rings. The molecule has 0 amide bonds. The molecule has 0 aliphatic heterocycles. The largest absolute Gasteiger partial charge is 0.294 e. The summed E-state index contributed by atoms with van der Waals surface area (Å²) >= 11 is 3.48. The molecule has 20 heavy (non-hydrogen) atoms. The van der Waals surface area contributed by atoms with Crippen LogP contribution in [0.25, 0.3) is 0 Å². The Morgan fingerprint density at radius 3 is 2.00 bits per heavy atom. The van der Waals surface area contributed by atoms with E-state index in [1.165, 1.54) is 27.0 Å². The first kappa shape index (κ1) is 17.2. The highest BCUT2D eigenvalue weighted by Crippen LogP contribution is 2.23. The van der Waals surface area contributed by atoms with E-state index in [1.54, 1.807) is 35.2 Å². The quantitative estimate of drug-likeness (QED) is 0.671. The van der Waals surface area contributed by atoms with Crippen molar-refractivity contribution in [1.82, 2.24) is 4.98 Å². The third-order valence-corrected chi connectivity index (χ3v) is 5.43. The Kier molecular flexibility index (Phi) is 6.19.